The van der Waals surface area contributed by atoms with Gasteiger partial charge < -0.3 is 10.4 Å². The maximum atomic E-state index is 11.0. The molecule has 0 aromatic carbocycles. The molecular weight excluding hydrogens is 142 g/mol. The van der Waals surface area contributed by atoms with Crippen LogP contribution in [0.3, 0.4) is 0 Å². The molecule has 0 bridgehead atoms. The molecule has 0 rings (SSSR count). The van der Waals surface area contributed by atoms with Gasteiger partial charge in [-0.05, 0) is 20.8 Å². The third kappa shape index (κ3) is 4.56. The van der Waals surface area contributed by atoms with Gasteiger partial charge in [-0.15, -0.1) is 0 Å². The highest BCUT2D eigenvalue weighted by molar-refractivity contribution is 5.92. The number of aliphatic hydroxyl groups excluding tert-OH is 1. The van der Waals surface area contributed by atoms with Gasteiger partial charge in [-0.1, -0.05) is 6.08 Å². The van der Waals surface area contributed by atoms with E-state index in [2.05, 4.69) is 5.32 Å². The Kier molecular flexibility index (Phi) is 4.54. The van der Waals surface area contributed by atoms with Crippen molar-refractivity contribution in [3.63, 3.8) is 0 Å². The Hall–Kier alpha value is -0.830. The van der Waals surface area contributed by atoms with Gasteiger partial charge in [-0.25, -0.2) is 0 Å². The molecule has 0 aromatic rings. The maximum Gasteiger partial charge on any atom is 0.246 e. The number of hydrogen-bond donors (Lipinski definition) is 2. The number of rotatable bonds is 3. The Balaban J connectivity index is 3.71. The van der Waals surface area contributed by atoms with Crippen LogP contribution in [0.5, 0.6) is 0 Å². The molecular formula is C8H15NO2. The molecule has 3 heteroatoms. The summed E-state index contributed by atoms with van der Waals surface area (Å²) in [7, 11) is 0. The Bertz CT molecular complexity index is 161. The Labute approximate surface area is 67.1 Å². The standard InChI is InChI=1S/C8H15NO2/c1-4-6(2)8(11)9-5-7(3)10/h4,7,10H,5H2,1-3H3,(H,9,11)/b6-4-. The summed E-state index contributed by atoms with van der Waals surface area (Å²) in [5.74, 6) is -0.117. The number of hydrogen-bond acceptors (Lipinski definition) is 2. The van der Waals surface area contributed by atoms with Crippen molar-refractivity contribution in [2.24, 2.45) is 0 Å². The second-order valence-electron chi connectivity index (χ2n) is 2.53. The van der Waals surface area contributed by atoms with Crippen LogP contribution in [0, 0.1) is 0 Å². The summed E-state index contributed by atoms with van der Waals surface area (Å²) < 4.78 is 0. The molecule has 0 heterocycles. The average Bonchev–Trinajstić information content (AvgIpc) is 1.98. The van der Waals surface area contributed by atoms with Crippen LogP contribution in [0.25, 0.3) is 0 Å². The topological polar surface area (TPSA) is 49.3 Å². The quantitative estimate of drug-likeness (QED) is 0.584. The first-order valence-corrected chi connectivity index (χ1v) is 3.67. The lowest BCUT2D eigenvalue weighted by molar-refractivity contribution is -0.117. The summed E-state index contributed by atoms with van der Waals surface area (Å²) in [6.07, 6.45) is 1.25. The van der Waals surface area contributed by atoms with E-state index in [1.165, 1.54) is 0 Å². The van der Waals surface area contributed by atoms with Crippen molar-refractivity contribution in [2.75, 3.05) is 6.54 Å². The van der Waals surface area contributed by atoms with Crippen molar-refractivity contribution in [3.8, 4) is 0 Å². The fourth-order valence-electron chi connectivity index (χ4n) is 0.511. The first kappa shape index (κ1) is 10.2. The van der Waals surface area contributed by atoms with Crippen molar-refractivity contribution in [2.45, 2.75) is 26.9 Å². The van der Waals surface area contributed by atoms with Crippen LogP contribution < -0.4 is 5.32 Å². The van der Waals surface area contributed by atoms with E-state index in [1.807, 2.05) is 0 Å². The van der Waals surface area contributed by atoms with E-state index in [1.54, 1.807) is 26.8 Å². The highest BCUT2D eigenvalue weighted by Crippen LogP contribution is 1.90. The molecule has 0 spiro atoms. The van der Waals surface area contributed by atoms with Gasteiger partial charge in [-0.3, -0.25) is 4.79 Å². The van der Waals surface area contributed by atoms with Gasteiger partial charge >= 0.3 is 0 Å². The number of aliphatic hydroxyl groups is 1. The Morgan fingerprint density at radius 3 is 2.64 bits per heavy atom. The van der Waals surface area contributed by atoms with E-state index >= 15 is 0 Å². The highest BCUT2D eigenvalue weighted by Gasteiger charge is 2.02. The number of carbonyl (C=O) groups is 1. The summed E-state index contributed by atoms with van der Waals surface area (Å²) in [5.41, 5.74) is 0.672. The molecule has 1 atom stereocenters. The van der Waals surface area contributed by atoms with E-state index in [0.717, 1.165) is 0 Å². The second-order valence-corrected chi connectivity index (χ2v) is 2.53. The summed E-state index contributed by atoms with van der Waals surface area (Å²) in [6.45, 7) is 5.48. The molecule has 2 N–H and O–H groups in total. The van der Waals surface area contributed by atoms with Crippen molar-refractivity contribution < 1.29 is 9.90 Å². The fourth-order valence-corrected chi connectivity index (χ4v) is 0.511. The van der Waals surface area contributed by atoms with Crippen LogP contribution in [0.15, 0.2) is 11.6 Å². The van der Waals surface area contributed by atoms with Crippen LogP contribution in [0.4, 0.5) is 0 Å². The first-order valence-electron chi connectivity index (χ1n) is 3.67. The van der Waals surface area contributed by atoms with Crippen molar-refractivity contribution in [1.82, 2.24) is 5.32 Å². The zero-order valence-corrected chi connectivity index (χ0v) is 7.22. The zero-order valence-electron chi connectivity index (χ0n) is 7.22. The van der Waals surface area contributed by atoms with Crippen molar-refractivity contribution in [1.29, 1.82) is 0 Å². The summed E-state index contributed by atoms with van der Waals surface area (Å²) in [4.78, 5) is 11.0. The third-order valence-electron chi connectivity index (χ3n) is 1.35. The van der Waals surface area contributed by atoms with Crippen LogP contribution >= 0.6 is 0 Å². The van der Waals surface area contributed by atoms with Crippen LogP contribution in [0.1, 0.15) is 20.8 Å². The highest BCUT2D eigenvalue weighted by atomic mass is 16.3. The molecule has 0 aliphatic carbocycles. The molecule has 0 aliphatic heterocycles. The lowest BCUT2D eigenvalue weighted by Gasteiger charge is -2.06. The molecule has 11 heavy (non-hydrogen) atoms. The molecule has 1 unspecified atom stereocenters. The lowest BCUT2D eigenvalue weighted by Crippen LogP contribution is -2.30. The number of allylic oxidation sites excluding steroid dienone is 1. The van der Waals surface area contributed by atoms with Gasteiger partial charge in [0.15, 0.2) is 0 Å². The Morgan fingerprint density at radius 2 is 2.27 bits per heavy atom. The summed E-state index contributed by atoms with van der Waals surface area (Å²) >= 11 is 0. The van der Waals surface area contributed by atoms with Crippen LogP contribution in [-0.4, -0.2) is 23.7 Å². The van der Waals surface area contributed by atoms with E-state index in [4.69, 9.17) is 5.11 Å². The van der Waals surface area contributed by atoms with Crippen LogP contribution in [0.2, 0.25) is 0 Å². The van der Waals surface area contributed by atoms with Gasteiger partial charge in [-0.2, -0.15) is 0 Å². The van der Waals surface area contributed by atoms with Gasteiger partial charge in [0, 0.05) is 12.1 Å². The molecule has 0 saturated carbocycles. The molecule has 64 valence electrons. The van der Waals surface area contributed by atoms with Crippen molar-refractivity contribution in [3.05, 3.63) is 11.6 Å². The predicted molar refractivity (Wildman–Crippen MR) is 44.1 cm³/mol. The predicted octanol–water partition coefficient (Wildman–Crippen LogP) is 0.450. The van der Waals surface area contributed by atoms with Crippen molar-refractivity contribution >= 4 is 5.91 Å². The van der Waals surface area contributed by atoms with Gasteiger partial charge in [0.2, 0.25) is 5.91 Å². The van der Waals surface area contributed by atoms with E-state index < -0.39 is 6.10 Å². The molecule has 1 amide bonds. The molecule has 0 aliphatic rings. The SMILES string of the molecule is C/C=C(/C)C(=O)NCC(C)O. The van der Waals surface area contributed by atoms with Gasteiger partial charge in [0.05, 0.1) is 6.10 Å². The van der Waals surface area contributed by atoms with E-state index in [-0.39, 0.29) is 5.91 Å². The average molecular weight is 157 g/mol. The second kappa shape index (κ2) is 4.91. The van der Waals surface area contributed by atoms with Gasteiger partial charge in [0.1, 0.15) is 0 Å². The number of carbonyl (C=O) groups excluding carboxylic acids is 1. The molecule has 3 nitrogen and oxygen atoms in total. The third-order valence-corrected chi connectivity index (χ3v) is 1.35. The largest absolute Gasteiger partial charge is 0.392 e. The minimum atomic E-state index is -0.483. The van der Waals surface area contributed by atoms with Gasteiger partial charge in [0.25, 0.3) is 0 Å². The Morgan fingerprint density at radius 1 is 1.73 bits per heavy atom. The van der Waals surface area contributed by atoms with E-state index in [9.17, 15) is 4.79 Å². The zero-order chi connectivity index (χ0) is 8.85. The molecule has 0 aromatic heterocycles. The lowest BCUT2D eigenvalue weighted by atomic mass is 10.2. The molecule has 0 radical (unpaired) electrons. The monoisotopic (exact) mass is 157 g/mol. The minimum absolute atomic E-state index is 0.117. The normalized spacial score (nSPS) is 14.4. The van der Waals surface area contributed by atoms with Crippen LogP contribution in [-0.2, 0) is 4.79 Å². The molecule has 0 fully saturated rings. The number of amides is 1. The van der Waals surface area contributed by atoms with E-state index in [0.29, 0.717) is 12.1 Å². The smallest absolute Gasteiger partial charge is 0.246 e. The first-order chi connectivity index (χ1) is 5.07. The fraction of sp³-hybridized carbons (Fsp3) is 0.625. The minimum Gasteiger partial charge on any atom is -0.392 e. The molecule has 0 saturated heterocycles. The number of nitrogens with one attached hydrogen (secondary N) is 1. The summed E-state index contributed by atoms with van der Waals surface area (Å²) in [6, 6.07) is 0. The maximum absolute atomic E-state index is 11.0. The summed E-state index contributed by atoms with van der Waals surface area (Å²) in [5, 5.41) is 11.4.